The van der Waals surface area contributed by atoms with Crippen molar-refractivity contribution in [2.75, 3.05) is 14.1 Å². The van der Waals surface area contributed by atoms with Crippen molar-refractivity contribution in [2.24, 2.45) is 0 Å². The first kappa shape index (κ1) is 17.2. The second-order valence-electron chi connectivity index (χ2n) is 3.46. The van der Waals surface area contributed by atoms with Gasteiger partial charge in [-0.25, -0.2) is 0 Å². The van der Waals surface area contributed by atoms with Gasteiger partial charge in [-0.15, -0.1) is 0 Å². The number of likely N-dealkylation sites (N-methyl/N-ethyl adjacent to an activating group) is 1. The number of aliphatic carboxylic acids is 2. The average molecular weight is 318 g/mol. The molecule has 0 aliphatic rings. The van der Waals surface area contributed by atoms with E-state index in [4.69, 9.17) is 10.2 Å². The van der Waals surface area contributed by atoms with E-state index in [0.717, 1.165) is 0 Å². The molecule has 0 aromatic heterocycles. The summed E-state index contributed by atoms with van der Waals surface area (Å²) in [6.45, 7) is 0. The Morgan fingerprint density at radius 1 is 1.20 bits per heavy atom. The molecule has 0 amide bonds. The minimum absolute atomic E-state index is 0. The second kappa shape index (κ2) is 9.03. The summed E-state index contributed by atoms with van der Waals surface area (Å²) in [6, 6.07) is -0.510. The zero-order valence-corrected chi connectivity index (χ0v) is 12.4. The van der Waals surface area contributed by atoms with E-state index in [1.54, 1.807) is 19.0 Å². The first-order valence-electron chi connectivity index (χ1n) is 4.56. The van der Waals surface area contributed by atoms with Crippen LogP contribution in [0.15, 0.2) is 0 Å². The van der Waals surface area contributed by atoms with Crippen LogP contribution >= 0.6 is 0 Å². The van der Waals surface area contributed by atoms with Gasteiger partial charge < -0.3 is 10.2 Å². The molecule has 0 fully saturated rings. The van der Waals surface area contributed by atoms with Crippen molar-refractivity contribution in [3.8, 4) is 0 Å². The fourth-order valence-corrected chi connectivity index (χ4v) is 1.22. The number of hydrogen-bond acceptors (Lipinski definition) is 3. The molecule has 0 heterocycles. The summed E-state index contributed by atoms with van der Waals surface area (Å²) in [6.07, 6.45) is 1.77. The van der Waals surface area contributed by atoms with Crippen LogP contribution in [-0.4, -0.2) is 73.0 Å². The SMILES string of the molecule is CN(C)C(CCCCC(=O)O)C(=O)O.[In]. The van der Waals surface area contributed by atoms with Gasteiger partial charge in [-0.3, -0.25) is 14.5 Å². The fourth-order valence-electron chi connectivity index (χ4n) is 1.22. The number of carbonyl (C=O) groups is 2. The third-order valence-electron chi connectivity index (χ3n) is 2.03. The fraction of sp³-hybridized carbons (Fsp3) is 0.778. The maximum atomic E-state index is 10.7. The van der Waals surface area contributed by atoms with Crippen LogP contribution in [0.4, 0.5) is 0 Å². The van der Waals surface area contributed by atoms with Gasteiger partial charge in [0.05, 0.1) is 0 Å². The van der Waals surface area contributed by atoms with Crippen LogP contribution in [0, 0.1) is 0 Å². The summed E-state index contributed by atoms with van der Waals surface area (Å²) >= 11 is 0. The molecule has 0 bridgehead atoms. The molecule has 6 heteroatoms. The van der Waals surface area contributed by atoms with Gasteiger partial charge in [0.2, 0.25) is 0 Å². The van der Waals surface area contributed by atoms with Crippen LogP contribution < -0.4 is 0 Å². The van der Waals surface area contributed by atoms with E-state index in [-0.39, 0.29) is 32.3 Å². The number of unbranched alkanes of at least 4 members (excludes halogenated alkanes) is 1. The van der Waals surface area contributed by atoms with Crippen molar-refractivity contribution < 1.29 is 19.8 Å². The summed E-state index contributed by atoms with van der Waals surface area (Å²) in [5.41, 5.74) is 0. The van der Waals surface area contributed by atoms with E-state index in [0.29, 0.717) is 19.3 Å². The Balaban J connectivity index is 0. The van der Waals surface area contributed by atoms with Gasteiger partial charge in [0.15, 0.2) is 0 Å². The smallest absolute Gasteiger partial charge is 0.320 e. The quantitative estimate of drug-likeness (QED) is 0.659. The maximum absolute atomic E-state index is 10.7. The van der Waals surface area contributed by atoms with Crippen molar-refractivity contribution in [3.63, 3.8) is 0 Å². The van der Waals surface area contributed by atoms with Gasteiger partial charge in [-0.1, -0.05) is 6.42 Å². The molecule has 0 spiro atoms. The molecule has 1 unspecified atom stereocenters. The van der Waals surface area contributed by atoms with E-state index >= 15 is 0 Å². The number of carboxylic acids is 2. The Morgan fingerprint density at radius 2 is 1.73 bits per heavy atom. The molecule has 85 valence electrons. The standard InChI is InChI=1S/C9H17NO4.In/c1-10(2)7(9(13)14)5-3-4-6-8(11)12;/h7H,3-6H2,1-2H3,(H,11,12)(H,13,14);. The van der Waals surface area contributed by atoms with E-state index in [2.05, 4.69) is 0 Å². The van der Waals surface area contributed by atoms with Gasteiger partial charge in [-0.2, -0.15) is 0 Å². The van der Waals surface area contributed by atoms with Gasteiger partial charge in [-0.05, 0) is 26.9 Å². The van der Waals surface area contributed by atoms with Crippen molar-refractivity contribution in [1.29, 1.82) is 0 Å². The monoisotopic (exact) mass is 318 g/mol. The Kier molecular flexibility index (Phi) is 10.3. The molecule has 3 radical (unpaired) electrons. The third kappa shape index (κ3) is 8.74. The number of carboxylic acid groups (broad SMARTS) is 2. The molecule has 15 heavy (non-hydrogen) atoms. The van der Waals surface area contributed by atoms with Crippen molar-refractivity contribution >= 4 is 37.8 Å². The Morgan fingerprint density at radius 3 is 2.07 bits per heavy atom. The molecule has 0 aliphatic heterocycles. The van der Waals surface area contributed by atoms with Crippen molar-refractivity contribution in [3.05, 3.63) is 0 Å². The first-order chi connectivity index (χ1) is 6.45. The van der Waals surface area contributed by atoms with Gasteiger partial charge in [0.25, 0.3) is 0 Å². The average Bonchev–Trinajstić information content (AvgIpc) is 2.01. The molecule has 5 nitrogen and oxygen atoms in total. The minimum Gasteiger partial charge on any atom is -0.481 e. The predicted molar refractivity (Wildman–Crippen MR) is 57.0 cm³/mol. The summed E-state index contributed by atoms with van der Waals surface area (Å²) in [7, 11) is 3.41. The Bertz CT molecular complexity index is 208. The number of hydrogen-bond donors (Lipinski definition) is 2. The normalized spacial score (nSPS) is 11.9. The Labute approximate surface area is 108 Å². The second-order valence-corrected chi connectivity index (χ2v) is 3.46. The molecule has 0 rings (SSSR count). The number of nitrogens with zero attached hydrogens (tertiary/aromatic N) is 1. The zero-order valence-electron chi connectivity index (χ0n) is 9.14. The van der Waals surface area contributed by atoms with Crippen LogP contribution in [0.25, 0.3) is 0 Å². The van der Waals surface area contributed by atoms with E-state index in [9.17, 15) is 9.59 Å². The minimum atomic E-state index is -0.856. The molecule has 2 N–H and O–H groups in total. The van der Waals surface area contributed by atoms with E-state index in [1.807, 2.05) is 0 Å². The van der Waals surface area contributed by atoms with Crippen LogP contribution in [0.1, 0.15) is 25.7 Å². The van der Waals surface area contributed by atoms with Gasteiger partial charge >= 0.3 is 11.9 Å². The van der Waals surface area contributed by atoms with Crippen LogP contribution in [-0.2, 0) is 9.59 Å². The summed E-state index contributed by atoms with van der Waals surface area (Å²) in [5.74, 6) is -1.69. The molecular formula is C9H17InNO4. The molecule has 0 aromatic carbocycles. The number of rotatable bonds is 7. The third-order valence-corrected chi connectivity index (χ3v) is 2.03. The summed E-state index contributed by atoms with van der Waals surface area (Å²) < 4.78 is 0. The van der Waals surface area contributed by atoms with Crippen LogP contribution in [0.5, 0.6) is 0 Å². The molecule has 1 atom stereocenters. The summed E-state index contributed by atoms with van der Waals surface area (Å²) in [4.78, 5) is 22.5. The zero-order chi connectivity index (χ0) is 11.1. The summed E-state index contributed by atoms with van der Waals surface area (Å²) in [5, 5.41) is 17.2. The largest absolute Gasteiger partial charge is 0.481 e. The maximum Gasteiger partial charge on any atom is 0.320 e. The van der Waals surface area contributed by atoms with Gasteiger partial charge in [0, 0.05) is 32.3 Å². The topological polar surface area (TPSA) is 77.8 Å². The molecule has 0 aromatic rings. The molecule has 0 saturated carbocycles. The predicted octanol–water partition coefficient (Wildman–Crippen LogP) is 0.265. The first-order valence-corrected chi connectivity index (χ1v) is 4.56. The molecule has 0 aliphatic carbocycles. The molecule has 0 saturated heterocycles. The van der Waals surface area contributed by atoms with Gasteiger partial charge in [0.1, 0.15) is 6.04 Å². The van der Waals surface area contributed by atoms with Crippen LogP contribution in [0.3, 0.4) is 0 Å². The Hall–Kier alpha value is -0.230. The molecular weight excluding hydrogens is 301 g/mol. The van der Waals surface area contributed by atoms with Crippen molar-refractivity contribution in [2.45, 2.75) is 31.7 Å². The van der Waals surface area contributed by atoms with E-state index < -0.39 is 18.0 Å². The van der Waals surface area contributed by atoms with Crippen LogP contribution in [0.2, 0.25) is 0 Å². The van der Waals surface area contributed by atoms with Crippen molar-refractivity contribution in [1.82, 2.24) is 4.90 Å². The van der Waals surface area contributed by atoms with E-state index in [1.165, 1.54) is 0 Å².